The van der Waals surface area contributed by atoms with Gasteiger partial charge in [0.2, 0.25) is 0 Å². The Morgan fingerprint density at radius 3 is 1.59 bits per heavy atom. The summed E-state index contributed by atoms with van der Waals surface area (Å²) in [4.78, 5) is 0. The predicted molar refractivity (Wildman–Crippen MR) is 166 cm³/mol. The number of rotatable bonds is 17. The summed E-state index contributed by atoms with van der Waals surface area (Å²) < 4.78 is 0. The van der Waals surface area contributed by atoms with Crippen molar-refractivity contribution in [3.63, 3.8) is 0 Å². The maximum absolute atomic E-state index is 10.5. The second-order valence-corrected chi connectivity index (χ2v) is 11.0. The van der Waals surface area contributed by atoms with Gasteiger partial charge in [0.05, 0.1) is 11.2 Å². The van der Waals surface area contributed by atoms with E-state index in [9.17, 15) is 10.2 Å². The van der Waals surface area contributed by atoms with Crippen molar-refractivity contribution in [1.29, 1.82) is 0 Å². The van der Waals surface area contributed by atoms with Crippen LogP contribution in [0, 0.1) is 5.92 Å². The van der Waals surface area contributed by atoms with E-state index >= 15 is 0 Å². The Bertz CT molecular complexity index is 885. The van der Waals surface area contributed by atoms with Crippen LogP contribution in [-0.2, 0) is 0 Å². The van der Waals surface area contributed by atoms with Crippen LogP contribution in [-0.4, -0.2) is 21.4 Å². The Hall–Kier alpha value is -2.42. The molecule has 37 heavy (non-hydrogen) atoms. The second-order valence-electron chi connectivity index (χ2n) is 11.0. The minimum absolute atomic E-state index is 0.0146. The fourth-order valence-electron chi connectivity index (χ4n) is 3.43. The quantitative estimate of drug-likeness (QED) is 0.117. The minimum atomic E-state index is -0.824. The first-order valence-electron chi connectivity index (χ1n) is 13.8. The zero-order chi connectivity index (χ0) is 28.2. The van der Waals surface area contributed by atoms with Crippen LogP contribution in [0.5, 0.6) is 0 Å². The molecule has 0 fully saturated rings. The van der Waals surface area contributed by atoms with Gasteiger partial charge in [0.15, 0.2) is 0 Å². The highest BCUT2D eigenvalue weighted by atomic mass is 16.3. The molecule has 0 aliphatic rings. The molecule has 0 saturated carbocycles. The van der Waals surface area contributed by atoms with Crippen molar-refractivity contribution in [2.45, 2.75) is 105 Å². The second kappa shape index (κ2) is 19.7. The van der Waals surface area contributed by atoms with Crippen molar-refractivity contribution in [3.8, 4) is 0 Å². The first kappa shape index (κ1) is 34.6. The first-order chi connectivity index (χ1) is 17.3. The van der Waals surface area contributed by atoms with Crippen molar-refractivity contribution < 1.29 is 10.2 Å². The highest BCUT2D eigenvalue weighted by Gasteiger charge is 2.26. The molecule has 0 aliphatic carbocycles. The van der Waals surface area contributed by atoms with E-state index in [1.54, 1.807) is 0 Å². The van der Waals surface area contributed by atoms with Crippen LogP contribution < -0.4 is 0 Å². The summed E-state index contributed by atoms with van der Waals surface area (Å²) in [6, 6.07) is 0. The predicted octanol–water partition coefficient (Wildman–Crippen LogP) is 9.68. The molecule has 0 aromatic rings. The van der Waals surface area contributed by atoms with Gasteiger partial charge < -0.3 is 10.2 Å². The maximum Gasteiger partial charge on any atom is 0.0654 e. The van der Waals surface area contributed by atoms with Crippen LogP contribution in [0.3, 0.4) is 0 Å². The minimum Gasteiger partial charge on any atom is -0.390 e. The lowest BCUT2D eigenvalue weighted by Gasteiger charge is -2.29. The summed E-state index contributed by atoms with van der Waals surface area (Å²) in [5.74, 6) is -0.0146. The third-order valence-corrected chi connectivity index (χ3v) is 5.90. The van der Waals surface area contributed by atoms with Gasteiger partial charge >= 0.3 is 0 Å². The number of allylic oxidation sites excluding steroid dienone is 17. The van der Waals surface area contributed by atoms with Gasteiger partial charge in [-0.1, -0.05) is 108 Å². The molecule has 0 radical (unpaired) electrons. The molecule has 0 amide bonds. The molecule has 206 valence electrons. The summed E-state index contributed by atoms with van der Waals surface area (Å²) >= 11 is 0. The molecule has 0 aromatic heterocycles. The molecule has 0 spiro atoms. The Morgan fingerprint density at radius 2 is 1.11 bits per heavy atom. The van der Waals surface area contributed by atoms with Crippen LogP contribution >= 0.6 is 0 Å². The van der Waals surface area contributed by atoms with E-state index in [1.807, 2.05) is 27.7 Å². The summed E-state index contributed by atoms with van der Waals surface area (Å²) in [5, 5.41) is 20.5. The number of aliphatic hydroxyl groups is 2. The van der Waals surface area contributed by atoms with Gasteiger partial charge in [-0.25, -0.2) is 0 Å². The zero-order valence-electron chi connectivity index (χ0n) is 24.9. The summed E-state index contributed by atoms with van der Waals surface area (Å²) in [7, 11) is 0. The topological polar surface area (TPSA) is 40.5 Å². The fourth-order valence-corrected chi connectivity index (χ4v) is 3.43. The molecule has 0 saturated heterocycles. The first-order valence-corrected chi connectivity index (χ1v) is 13.8. The molecular formula is C35H54O2. The van der Waals surface area contributed by atoms with E-state index in [1.165, 1.54) is 11.1 Å². The van der Waals surface area contributed by atoms with Gasteiger partial charge in [0.1, 0.15) is 0 Å². The van der Waals surface area contributed by atoms with E-state index in [0.29, 0.717) is 6.42 Å². The van der Waals surface area contributed by atoms with E-state index < -0.39 is 11.2 Å². The molecule has 0 rings (SSSR count). The highest BCUT2D eigenvalue weighted by molar-refractivity contribution is 5.31. The van der Waals surface area contributed by atoms with Gasteiger partial charge in [0, 0.05) is 5.92 Å². The van der Waals surface area contributed by atoms with E-state index in [2.05, 4.69) is 119 Å². The van der Waals surface area contributed by atoms with Crippen molar-refractivity contribution in [2.75, 3.05) is 0 Å². The molecule has 0 bridgehead atoms. The van der Waals surface area contributed by atoms with Gasteiger partial charge in [-0.2, -0.15) is 0 Å². The average Bonchev–Trinajstić information content (AvgIpc) is 2.78. The molecule has 0 aromatic carbocycles. The Balaban J connectivity index is 4.68. The smallest absolute Gasteiger partial charge is 0.0654 e. The molecule has 1 atom stereocenters. The Kier molecular flexibility index (Phi) is 18.4. The lowest BCUT2D eigenvalue weighted by Crippen LogP contribution is -2.31. The van der Waals surface area contributed by atoms with Gasteiger partial charge in [-0.05, 0) is 93.9 Å². The average molecular weight is 507 g/mol. The third kappa shape index (κ3) is 22.5. The van der Waals surface area contributed by atoms with Crippen molar-refractivity contribution >= 4 is 0 Å². The number of hydrogen-bond acceptors (Lipinski definition) is 2. The van der Waals surface area contributed by atoms with Crippen LogP contribution in [0.1, 0.15) is 93.9 Å². The summed E-state index contributed by atoms with van der Waals surface area (Å²) in [5.41, 5.74) is 1.96. The SMILES string of the molecule is C/C=C/CC/C=C/CC/C=C/C=C(C)/C=C/C=C(C)/C=C/C=C(C)/C=C/[C@H](CCC(C)(C)O)C(C)(C)O. The van der Waals surface area contributed by atoms with Crippen molar-refractivity contribution in [2.24, 2.45) is 5.92 Å². The maximum atomic E-state index is 10.5. The number of hydrogen-bond donors (Lipinski definition) is 2. The van der Waals surface area contributed by atoms with Crippen LogP contribution in [0.2, 0.25) is 0 Å². The molecule has 2 heteroatoms. The Labute approximate surface area is 229 Å². The normalized spacial score (nSPS) is 16.2. The molecule has 2 nitrogen and oxygen atoms in total. The van der Waals surface area contributed by atoms with Crippen LogP contribution in [0.25, 0.3) is 0 Å². The standard InChI is InChI=1S/C35H54O2/c1-9-10-11-12-13-14-15-16-17-18-21-30(2)22-19-23-31(3)24-20-25-32(4)26-27-33(35(7,8)37)28-29-34(5,6)36/h9-10,13-14,17-27,33,36-37H,11-12,15-16,28-29H2,1-8H3/b10-9+,14-13+,18-17+,22-19+,24-20+,27-26+,30-21+,31-23+,32-25+/t33-/m1/s1. The fraction of sp³-hybridized carbons (Fsp3) is 0.486. The molecule has 0 heterocycles. The van der Waals surface area contributed by atoms with E-state index in [-0.39, 0.29) is 5.92 Å². The lowest BCUT2D eigenvalue weighted by atomic mass is 9.84. The van der Waals surface area contributed by atoms with Crippen molar-refractivity contribution in [3.05, 3.63) is 108 Å². The largest absolute Gasteiger partial charge is 0.390 e. The van der Waals surface area contributed by atoms with E-state index in [0.717, 1.165) is 37.7 Å². The monoisotopic (exact) mass is 506 g/mol. The number of unbranched alkanes of at least 4 members (excludes halogenated alkanes) is 2. The van der Waals surface area contributed by atoms with Gasteiger partial charge in [-0.15, -0.1) is 0 Å². The summed E-state index contributed by atoms with van der Waals surface area (Å²) in [6.45, 7) is 15.6. The van der Waals surface area contributed by atoms with Crippen molar-refractivity contribution in [1.82, 2.24) is 0 Å². The lowest BCUT2D eigenvalue weighted by molar-refractivity contribution is 0.0140. The molecule has 0 aliphatic heterocycles. The highest BCUT2D eigenvalue weighted by Crippen LogP contribution is 2.26. The zero-order valence-corrected chi connectivity index (χ0v) is 24.9. The van der Waals surface area contributed by atoms with Crippen LogP contribution in [0.15, 0.2) is 108 Å². The van der Waals surface area contributed by atoms with Gasteiger partial charge in [0.25, 0.3) is 0 Å². The Morgan fingerprint density at radius 1 is 0.649 bits per heavy atom. The molecule has 2 N–H and O–H groups in total. The third-order valence-electron chi connectivity index (χ3n) is 5.90. The molecule has 0 unspecified atom stereocenters. The molecular weight excluding hydrogens is 452 g/mol. The van der Waals surface area contributed by atoms with Gasteiger partial charge in [-0.3, -0.25) is 0 Å². The summed E-state index contributed by atoms with van der Waals surface area (Å²) in [6.07, 6.45) is 37.8. The van der Waals surface area contributed by atoms with E-state index in [4.69, 9.17) is 0 Å². The van der Waals surface area contributed by atoms with Crippen LogP contribution in [0.4, 0.5) is 0 Å².